The van der Waals surface area contributed by atoms with Crippen LogP contribution in [0.25, 0.3) is 11.3 Å². The molecule has 32 heavy (non-hydrogen) atoms. The number of amides is 1. The Morgan fingerprint density at radius 3 is 2.53 bits per heavy atom. The van der Waals surface area contributed by atoms with E-state index < -0.39 is 10.0 Å². The Bertz CT molecular complexity index is 1230. The number of nitrogens with zero attached hydrogens (tertiary/aromatic N) is 4. The molecule has 9 nitrogen and oxygen atoms in total. The third-order valence-electron chi connectivity index (χ3n) is 5.14. The Balaban J connectivity index is 1.40. The van der Waals surface area contributed by atoms with Crippen LogP contribution in [0.4, 0.5) is 10.8 Å². The summed E-state index contributed by atoms with van der Waals surface area (Å²) in [5.41, 5.74) is 2.93. The number of hydrogen-bond acceptors (Lipinski definition) is 8. The number of thiazole rings is 1. The van der Waals surface area contributed by atoms with Gasteiger partial charge in [-0.15, -0.1) is 11.3 Å². The van der Waals surface area contributed by atoms with Gasteiger partial charge in [-0.25, -0.2) is 18.4 Å². The molecule has 1 N–H and O–H groups in total. The zero-order valence-corrected chi connectivity index (χ0v) is 18.9. The Hall–Kier alpha value is -3.15. The van der Waals surface area contributed by atoms with Crippen molar-refractivity contribution in [3.63, 3.8) is 0 Å². The van der Waals surface area contributed by atoms with Crippen LogP contribution in [0.15, 0.2) is 48.0 Å². The topological polar surface area (TPSA) is 113 Å². The Labute approximate surface area is 189 Å². The summed E-state index contributed by atoms with van der Waals surface area (Å²) < 4.78 is 24.7. The molecule has 0 aliphatic carbocycles. The maximum atomic E-state index is 12.6. The normalized spacial score (nSPS) is 14.8. The lowest BCUT2D eigenvalue weighted by molar-refractivity contribution is 0.102. The molecule has 3 heterocycles. The molecule has 0 atom stereocenters. The molecule has 1 amide bonds. The van der Waals surface area contributed by atoms with Gasteiger partial charge in [-0.3, -0.25) is 14.9 Å². The number of aldehydes is 1. The van der Waals surface area contributed by atoms with Gasteiger partial charge >= 0.3 is 0 Å². The summed E-state index contributed by atoms with van der Waals surface area (Å²) in [5, 5.41) is 4.93. The van der Waals surface area contributed by atoms with Crippen LogP contribution in [0.5, 0.6) is 0 Å². The van der Waals surface area contributed by atoms with E-state index in [2.05, 4.69) is 15.3 Å². The summed E-state index contributed by atoms with van der Waals surface area (Å²) in [6, 6.07) is 10.6. The second-order valence-electron chi connectivity index (χ2n) is 7.25. The predicted octanol–water partition coefficient (Wildman–Crippen LogP) is 2.35. The molecule has 0 radical (unpaired) electrons. The molecule has 1 fully saturated rings. The number of anilines is 2. The lowest BCUT2D eigenvalue weighted by Crippen LogP contribution is -2.48. The zero-order valence-electron chi connectivity index (χ0n) is 17.3. The van der Waals surface area contributed by atoms with Gasteiger partial charge in [0.2, 0.25) is 10.0 Å². The number of piperazine rings is 1. The second-order valence-corrected chi connectivity index (χ2v) is 10.1. The van der Waals surface area contributed by atoms with Gasteiger partial charge in [-0.1, -0.05) is 24.3 Å². The van der Waals surface area contributed by atoms with E-state index in [0.717, 1.165) is 12.0 Å². The summed E-state index contributed by atoms with van der Waals surface area (Å²) in [4.78, 5) is 34.5. The van der Waals surface area contributed by atoms with E-state index in [0.29, 0.717) is 48.1 Å². The number of rotatable bonds is 6. The van der Waals surface area contributed by atoms with Crippen LogP contribution < -0.4 is 10.2 Å². The first kappa shape index (κ1) is 22.1. The summed E-state index contributed by atoms with van der Waals surface area (Å²) in [7, 11) is -3.18. The molecule has 1 saturated heterocycles. The zero-order chi connectivity index (χ0) is 22.7. The highest BCUT2D eigenvalue weighted by Crippen LogP contribution is 2.27. The fourth-order valence-corrected chi connectivity index (χ4v) is 4.97. The van der Waals surface area contributed by atoms with E-state index >= 15 is 0 Å². The molecule has 3 aromatic rings. The van der Waals surface area contributed by atoms with Gasteiger partial charge in [-0.05, 0) is 12.1 Å². The van der Waals surface area contributed by atoms with Gasteiger partial charge in [0.1, 0.15) is 5.69 Å². The summed E-state index contributed by atoms with van der Waals surface area (Å²) in [6.07, 6.45) is 3.60. The molecular formula is C21H21N5O4S2. The van der Waals surface area contributed by atoms with E-state index in [1.54, 1.807) is 41.9 Å². The van der Waals surface area contributed by atoms with E-state index in [9.17, 15) is 18.0 Å². The van der Waals surface area contributed by atoms with Crippen LogP contribution in [0, 0.1) is 0 Å². The minimum Gasteiger partial charge on any atom is -0.368 e. The second kappa shape index (κ2) is 9.15. The number of aromatic nitrogens is 2. The summed E-state index contributed by atoms with van der Waals surface area (Å²) in [6.45, 7) is 1.95. The number of hydrogen-bond donors (Lipinski definition) is 1. The molecule has 4 rings (SSSR count). The average Bonchev–Trinajstić information content (AvgIpc) is 3.27. The maximum Gasteiger partial charge on any atom is 0.276 e. The fraction of sp³-hybridized carbons (Fsp3) is 0.238. The molecule has 166 valence electrons. The molecule has 1 aliphatic heterocycles. The highest BCUT2D eigenvalue weighted by molar-refractivity contribution is 7.88. The van der Waals surface area contributed by atoms with E-state index in [1.165, 1.54) is 21.9 Å². The van der Waals surface area contributed by atoms with Gasteiger partial charge in [0, 0.05) is 42.7 Å². The molecule has 0 unspecified atom stereocenters. The molecule has 1 aromatic carbocycles. The molecule has 0 spiro atoms. The molecule has 0 bridgehead atoms. The maximum absolute atomic E-state index is 12.6. The van der Waals surface area contributed by atoms with Crippen molar-refractivity contribution < 1.29 is 18.0 Å². The van der Waals surface area contributed by atoms with Crippen LogP contribution in [0.2, 0.25) is 0 Å². The fourth-order valence-electron chi connectivity index (χ4n) is 3.43. The van der Waals surface area contributed by atoms with Gasteiger partial charge in [0.15, 0.2) is 11.4 Å². The van der Waals surface area contributed by atoms with Gasteiger partial charge in [-0.2, -0.15) is 4.31 Å². The highest BCUT2D eigenvalue weighted by atomic mass is 32.2. The van der Waals surface area contributed by atoms with E-state index in [1.807, 2.05) is 11.0 Å². The number of sulfonamides is 1. The van der Waals surface area contributed by atoms with Crippen molar-refractivity contribution in [2.45, 2.75) is 0 Å². The van der Waals surface area contributed by atoms with E-state index in [-0.39, 0.29) is 11.6 Å². The highest BCUT2D eigenvalue weighted by Gasteiger charge is 2.23. The number of nitrogens with one attached hydrogen (secondary N) is 1. The van der Waals surface area contributed by atoms with Gasteiger partial charge < -0.3 is 4.90 Å². The first-order valence-electron chi connectivity index (χ1n) is 9.83. The van der Waals surface area contributed by atoms with Crippen molar-refractivity contribution in [2.75, 3.05) is 42.7 Å². The monoisotopic (exact) mass is 471 g/mol. The minimum absolute atomic E-state index is 0.244. The standard InChI is InChI=1S/C21H21N5O4S2/c1-32(29,30)26-10-8-25(9-11-26)16-6-7-18(22-12-16)20(28)24-21-23-19(14-31-21)17-5-3-2-4-15(17)13-27/h2-7,12-14H,8-11H2,1H3,(H,23,24,28). The Morgan fingerprint density at radius 2 is 1.88 bits per heavy atom. The number of carbonyl (C=O) groups is 2. The minimum atomic E-state index is -3.18. The van der Waals surface area contributed by atoms with Crippen molar-refractivity contribution in [3.8, 4) is 11.3 Å². The first-order chi connectivity index (χ1) is 15.3. The third kappa shape index (κ3) is 4.85. The SMILES string of the molecule is CS(=O)(=O)N1CCN(c2ccc(C(=O)Nc3nc(-c4ccccc4C=O)cs3)nc2)CC1. The van der Waals surface area contributed by atoms with Crippen molar-refractivity contribution in [3.05, 3.63) is 59.2 Å². The molecular weight excluding hydrogens is 450 g/mol. The van der Waals surface area contributed by atoms with Crippen molar-refractivity contribution in [2.24, 2.45) is 0 Å². The number of carbonyl (C=O) groups excluding carboxylic acids is 2. The average molecular weight is 472 g/mol. The quantitative estimate of drug-likeness (QED) is 0.549. The van der Waals surface area contributed by atoms with E-state index in [4.69, 9.17) is 0 Å². The van der Waals surface area contributed by atoms with Crippen LogP contribution >= 0.6 is 11.3 Å². The molecule has 11 heteroatoms. The van der Waals surface area contributed by atoms with Crippen LogP contribution in [0.3, 0.4) is 0 Å². The van der Waals surface area contributed by atoms with Gasteiger partial charge in [0.25, 0.3) is 5.91 Å². The number of benzene rings is 1. The molecule has 0 saturated carbocycles. The third-order valence-corrected chi connectivity index (χ3v) is 7.20. The van der Waals surface area contributed by atoms with Crippen molar-refractivity contribution >= 4 is 44.4 Å². The Kier molecular flexibility index (Phi) is 6.31. The van der Waals surface area contributed by atoms with Crippen LogP contribution in [-0.4, -0.2) is 67.3 Å². The smallest absolute Gasteiger partial charge is 0.276 e. The summed E-state index contributed by atoms with van der Waals surface area (Å²) in [5.74, 6) is -0.386. The lowest BCUT2D eigenvalue weighted by atomic mass is 10.1. The van der Waals surface area contributed by atoms with Crippen LogP contribution in [-0.2, 0) is 10.0 Å². The largest absolute Gasteiger partial charge is 0.368 e. The Morgan fingerprint density at radius 1 is 1.12 bits per heavy atom. The summed E-state index contributed by atoms with van der Waals surface area (Å²) >= 11 is 1.27. The number of pyridine rings is 1. The van der Waals surface area contributed by atoms with Crippen LogP contribution in [0.1, 0.15) is 20.8 Å². The van der Waals surface area contributed by atoms with Crippen molar-refractivity contribution in [1.29, 1.82) is 0 Å². The van der Waals surface area contributed by atoms with Gasteiger partial charge in [0.05, 0.1) is 23.8 Å². The first-order valence-corrected chi connectivity index (χ1v) is 12.6. The molecule has 2 aromatic heterocycles. The predicted molar refractivity (Wildman–Crippen MR) is 124 cm³/mol. The lowest BCUT2D eigenvalue weighted by Gasteiger charge is -2.34. The van der Waals surface area contributed by atoms with Crippen molar-refractivity contribution in [1.82, 2.24) is 14.3 Å². The molecule has 1 aliphatic rings.